The molecule has 2 amide bonds. The Hall–Kier alpha value is -0.860. The van der Waals surface area contributed by atoms with E-state index in [4.69, 9.17) is 0 Å². The first-order valence-electron chi connectivity index (χ1n) is 5.28. The number of amides is 2. The molecule has 0 saturated heterocycles. The molecule has 0 aromatic rings. The summed E-state index contributed by atoms with van der Waals surface area (Å²) >= 11 is 0. The molecule has 0 radical (unpaired) electrons. The summed E-state index contributed by atoms with van der Waals surface area (Å²) in [6, 6.07) is 0. The Kier molecular flexibility index (Phi) is 5.43. The molecule has 0 aliphatic carbocycles. The van der Waals surface area contributed by atoms with Crippen molar-refractivity contribution in [1.29, 1.82) is 0 Å². The van der Waals surface area contributed by atoms with Crippen LogP contribution in [0, 0.1) is 5.41 Å². The van der Waals surface area contributed by atoms with Crippen molar-refractivity contribution in [2.45, 2.75) is 53.4 Å². The van der Waals surface area contributed by atoms with Crippen LogP contribution in [-0.4, -0.2) is 11.8 Å². The second kappa shape index (κ2) is 5.78. The zero-order chi connectivity index (χ0) is 11.2. The summed E-state index contributed by atoms with van der Waals surface area (Å²) in [5, 5.41) is 2.43. The van der Waals surface area contributed by atoms with E-state index in [2.05, 4.69) is 5.32 Å². The molecule has 3 heteroatoms. The highest BCUT2D eigenvalue weighted by molar-refractivity contribution is 5.97. The average molecular weight is 199 g/mol. The van der Waals surface area contributed by atoms with E-state index in [1.807, 2.05) is 27.7 Å². The van der Waals surface area contributed by atoms with E-state index in [1.54, 1.807) is 0 Å². The van der Waals surface area contributed by atoms with E-state index in [0.29, 0.717) is 6.42 Å². The van der Waals surface area contributed by atoms with Crippen molar-refractivity contribution in [2.75, 3.05) is 0 Å². The van der Waals surface area contributed by atoms with Gasteiger partial charge in [-0.05, 0) is 12.8 Å². The molecule has 0 bridgehead atoms. The SMILES string of the molecule is CCCCC(=O)NC(=O)C(C)(C)CC. The third kappa shape index (κ3) is 4.40. The van der Waals surface area contributed by atoms with Crippen molar-refractivity contribution in [2.24, 2.45) is 5.41 Å². The molecule has 82 valence electrons. The predicted octanol–water partition coefficient (Wildman–Crippen LogP) is 2.26. The number of unbranched alkanes of at least 4 members (excludes halogenated alkanes) is 1. The van der Waals surface area contributed by atoms with Gasteiger partial charge in [-0.2, -0.15) is 0 Å². The zero-order valence-corrected chi connectivity index (χ0v) is 9.64. The monoisotopic (exact) mass is 199 g/mol. The topological polar surface area (TPSA) is 46.2 Å². The van der Waals surface area contributed by atoms with Crippen molar-refractivity contribution in [1.82, 2.24) is 5.32 Å². The highest BCUT2D eigenvalue weighted by Gasteiger charge is 2.26. The molecule has 1 N–H and O–H groups in total. The smallest absolute Gasteiger partial charge is 0.232 e. The molecule has 0 aromatic heterocycles. The van der Waals surface area contributed by atoms with Gasteiger partial charge < -0.3 is 0 Å². The minimum absolute atomic E-state index is 0.154. The Labute approximate surface area is 86.3 Å². The molecule has 14 heavy (non-hydrogen) atoms. The van der Waals surface area contributed by atoms with Crippen LogP contribution < -0.4 is 5.32 Å². The molecular formula is C11H21NO2. The first kappa shape index (κ1) is 13.1. The van der Waals surface area contributed by atoms with Crippen LogP contribution in [0.4, 0.5) is 0 Å². The van der Waals surface area contributed by atoms with Crippen molar-refractivity contribution >= 4 is 11.8 Å². The van der Waals surface area contributed by atoms with Crippen molar-refractivity contribution in [3.8, 4) is 0 Å². The highest BCUT2D eigenvalue weighted by Crippen LogP contribution is 2.19. The van der Waals surface area contributed by atoms with Crippen LogP contribution in [-0.2, 0) is 9.59 Å². The fraction of sp³-hybridized carbons (Fsp3) is 0.818. The van der Waals surface area contributed by atoms with Gasteiger partial charge >= 0.3 is 0 Å². The molecule has 0 saturated carbocycles. The first-order chi connectivity index (χ1) is 6.44. The summed E-state index contributed by atoms with van der Waals surface area (Å²) < 4.78 is 0. The van der Waals surface area contributed by atoms with E-state index in [1.165, 1.54) is 0 Å². The normalized spacial score (nSPS) is 11.1. The van der Waals surface area contributed by atoms with Crippen LogP contribution in [0.25, 0.3) is 0 Å². The van der Waals surface area contributed by atoms with Gasteiger partial charge in [-0.3, -0.25) is 14.9 Å². The largest absolute Gasteiger partial charge is 0.296 e. The maximum absolute atomic E-state index is 11.5. The zero-order valence-electron chi connectivity index (χ0n) is 9.64. The van der Waals surface area contributed by atoms with Crippen molar-refractivity contribution in [3.05, 3.63) is 0 Å². The molecule has 0 atom stereocenters. The molecule has 0 rings (SSSR count). The van der Waals surface area contributed by atoms with Gasteiger partial charge in [0.25, 0.3) is 0 Å². The van der Waals surface area contributed by atoms with Crippen molar-refractivity contribution < 1.29 is 9.59 Å². The predicted molar refractivity (Wildman–Crippen MR) is 56.7 cm³/mol. The second-order valence-electron chi connectivity index (χ2n) is 4.22. The Morgan fingerprint density at radius 2 is 1.79 bits per heavy atom. The molecule has 0 aliphatic rings. The van der Waals surface area contributed by atoms with Crippen molar-refractivity contribution in [3.63, 3.8) is 0 Å². The lowest BCUT2D eigenvalue weighted by atomic mass is 9.89. The van der Waals surface area contributed by atoms with Gasteiger partial charge in [0.15, 0.2) is 0 Å². The third-order valence-electron chi connectivity index (χ3n) is 2.51. The fourth-order valence-corrected chi connectivity index (χ4v) is 0.856. The van der Waals surface area contributed by atoms with E-state index < -0.39 is 5.41 Å². The quantitative estimate of drug-likeness (QED) is 0.738. The standard InChI is InChI=1S/C11H21NO2/c1-5-7-8-9(13)12-10(14)11(3,4)6-2/h5-8H2,1-4H3,(H,12,13,14). The number of nitrogens with one attached hydrogen (secondary N) is 1. The van der Waals surface area contributed by atoms with Gasteiger partial charge in [0.1, 0.15) is 0 Å². The number of hydrogen-bond donors (Lipinski definition) is 1. The molecule has 0 heterocycles. The van der Waals surface area contributed by atoms with Gasteiger partial charge in [-0.25, -0.2) is 0 Å². The highest BCUT2D eigenvalue weighted by atomic mass is 16.2. The molecular weight excluding hydrogens is 178 g/mol. The lowest BCUT2D eigenvalue weighted by Gasteiger charge is -2.20. The molecule has 0 unspecified atom stereocenters. The number of carbonyl (C=O) groups is 2. The first-order valence-corrected chi connectivity index (χ1v) is 5.28. The molecule has 0 aliphatic heterocycles. The Morgan fingerprint density at radius 3 is 2.21 bits per heavy atom. The Morgan fingerprint density at radius 1 is 1.21 bits per heavy atom. The third-order valence-corrected chi connectivity index (χ3v) is 2.51. The van der Waals surface area contributed by atoms with Crippen LogP contribution in [0.15, 0.2) is 0 Å². The summed E-state index contributed by atoms with van der Waals surface area (Å²) in [7, 11) is 0. The van der Waals surface area contributed by atoms with E-state index >= 15 is 0 Å². The lowest BCUT2D eigenvalue weighted by molar-refractivity contribution is -0.136. The van der Waals surface area contributed by atoms with Gasteiger partial charge in [0.05, 0.1) is 0 Å². The summed E-state index contributed by atoms with van der Waals surface area (Å²) in [4.78, 5) is 22.8. The van der Waals surface area contributed by atoms with E-state index in [9.17, 15) is 9.59 Å². The van der Waals surface area contributed by atoms with Gasteiger partial charge in [0.2, 0.25) is 11.8 Å². The fourth-order valence-electron chi connectivity index (χ4n) is 0.856. The summed E-state index contributed by atoms with van der Waals surface area (Å²) in [5.74, 6) is -0.320. The number of hydrogen-bond acceptors (Lipinski definition) is 2. The van der Waals surface area contributed by atoms with Crippen LogP contribution in [0.5, 0.6) is 0 Å². The Balaban J connectivity index is 4.00. The van der Waals surface area contributed by atoms with Gasteiger partial charge in [0, 0.05) is 11.8 Å². The maximum atomic E-state index is 11.5. The number of carbonyl (C=O) groups excluding carboxylic acids is 2. The molecule has 0 fully saturated rings. The minimum Gasteiger partial charge on any atom is -0.296 e. The number of imide groups is 1. The maximum Gasteiger partial charge on any atom is 0.232 e. The Bertz CT molecular complexity index is 209. The second-order valence-corrected chi connectivity index (χ2v) is 4.22. The number of rotatable bonds is 5. The van der Waals surface area contributed by atoms with Crippen LogP contribution in [0.2, 0.25) is 0 Å². The van der Waals surface area contributed by atoms with E-state index in [-0.39, 0.29) is 11.8 Å². The molecule has 0 spiro atoms. The van der Waals surface area contributed by atoms with E-state index in [0.717, 1.165) is 19.3 Å². The van der Waals surface area contributed by atoms with Gasteiger partial charge in [-0.1, -0.05) is 34.1 Å². The average Bonchev–Trinajstić information content (AvgIpc) is 2.14. The van der Waals surface area contributed by atoms with Crippen LogP contribution in [0.1, 0.15) is 53.4 Å². The molecule has 0 aromatic carbocycles. The van der Waals surface area contributed by atoms with Crippen LogP contribution >= 0.6 is 0 Å². The minimum atomic E-state index is -0.443. The summed E-state index contributed by atoms with van der Waals surface area (Å²) in [6.45, 7) is 7.64. The summed E-state index contributed by atoms with van der Waals surface area (Å²) in [5.41, 5.74) is -0.443. The van der Waals surface area contributed by atoms with Gasteiger partial charge in [-0.15, -0.1) is 0 Å². The van der Waals surface area contributed by atoms with Crippen LogP contribution in [0.3, 0.4) is 0 Å². The lowest BCUT2D eigenvalue weighted by Crippen LogP contribution is -2.40. The summed E-state index contributed by atoms with van der Waals surface area (Å²) in [6.07, 6.45) is 2.99. The molecule has 3 nitrogen and oxygen atoms in total.